The Hall–Kier alpha value is -1.59. The second-order valence-electron chi connectivity index (χ2n) is 10.6. The smallest absolute Gasteiger partial charge is 0.219 e. The first-order valence-corrected chi connectivity index (χ1v) is 11.5. The Kier molecular flexibility index (Phi) is 7.13. The monoisotopic (exact) mass is 416 g/mol. The average molecular weight is 417 g/mol. The SMILES string of the molecule is CC(=O)N1CCN(C2CCC(C(C)(C)C)CC2)C[C@](O)(COc2ccc(C)cc2)C1. The molecule has 0 bridgehead atoms. The molecule has 0 spiro atoms. The first-order valence-electron chi connectivity index (χ1n) is 11.5. The fourth-order valence-electron chi connectivity index (χ4n) is 5.02. The minimum Gasteiger partial charge on any atom is -0.490 e. The van der Waals surface area contributed by atoms with Gasteiger partial charge in [-0.05, 0) is 56.1 Å². The fourth-order valence-corrected chi connectivity index (χ4v) is 5.02. The third-order valence-corrected chi connectivity index (χ3v) is 7.05. The van der Waals surface area contributed by atoms with Gasteiger partial charge in [0.15, 0.2) is 0 Å². The van der Waals surface area contributed by atoms with Crippen molar-refractivity contribution in [1.82, 2.24) is 9.80 Å². The minimum atomic E-state index is -1.08. The molecule has 1 atom stereocenters. The van der Waals surface area contributed by atoms with Crippen molar-refractivity contribution in [2.45, 2.75) is 71.9 Å². The molecule has 1 saturated carbocycles. The van der Waals surface area contributed by atoms with E-state index in [0.717, 1.165) is 31.1 Å². The lowest BCUT2D eigenvalue weighted by atomic mass is 9.71. The molecule has 1 aromatic carbocycles. The summed E-state index contributed by atoms with van der Waals surface area (Å²) in [5.41, 5.74) is 0.460. The number of carbonyl (C=O) groups is 1. The van der Waals surface area contributed by atoms with Gasteiger partial charge in [0.1, 0.15) is 18.0 Å². The van der Waals surface area contributed by atoms with Crippen LogP contribution in [0.5, 0.6) is 5.75 Å². The Labute approximate surface area is 182 Å². The second-order valence-corrected chi connectivity index (χ2v) is 10.6. The van der Waals surface area contributed by atoms with Crippen molar-refractivity contribution in [1.29, 1.82) is 0 Å². The molecule has 5 heteroatoms. The van der Waals surface area contributed by atoms with Crippen molar-refractivity contribution >= 4 is 5.91 Å². The van der Waals surface area contributed by atoms with Gasteiger partial charge in [-0.2, -0.15) is 0 Å². The Bertz CT molecular complexity index is 704. The van der Waals surface area contributed by atoms with Crippen molar-refractivity contribution < 1.29 is 14.6 Å². The largest absolute Gasteiger partial charge is 0.490 e. The fraction of sp³-hybridized carbons (Fsp3) is 0.720. The van der Waals surface area contributed by atoms with Crippen LogP contribution in [-0.4, -0.2) is 65.2 Å². The third kappa shape index (κ3) is 5.98. The van der Waals surface area contributed by atoms with E-state index in [2.05, 4.69) is 25.7 Å². The summed E-state index contributed by atoms with van der Waals surface area (Å²) in [5.74, 6) is 1.53. The molecule has 1 aliphatic heterocycles. The molecule has 1 N–H and O–H groups in total. The van der Waals surface area contributed by atoms with Crippen LogP contribution in [0, 0.1) is 18.3 Å². The van der Waals surface area contributed by atoms with Gasteiger partial charge in [0.2, 0.25) is 5.91 Å². The number of rotatable bonds is 4. The maximum Gasteiger partial charge on any atom is 0.219 e. The van der Waals surface area contributed by atoms with E-state index in [-0.39, 0.29) is 12.5 Å². The highest BCUT2D eigenvalue weighted by Gasteiger charge is 2.40. The summed E-state index contributed by atoms with van der Waals surface area (Å²) in [5, 5.41) is 11.5. The van der Waals surface area contributed by atoms with Crippen LogP contribution in [0.3, 0.4) is 0 Å². The summed E-state index contributed by atoms with van der Waals surface area (Å²) < 4.78 is 5.97. The van der Waals surface area contributed by atoms with Crippen molar-refractivity contribution in [2.24, 2.45) is 11.3 Å². The van der Waals surface area contributed by atoms with Crippen LogP contribution in [0.4, 0.5) is 0 Å². The molecule has 1 heterocycles. The molecule has 168 valence electrons. The highest BCUT2D eigenvalue weighted by molar-refractivity contribution is 5.73. The van der Waals surface area contributed by atoms with Gasteiger partial charge in [-0.25, -0.2) is 0 Å². The summed E-state index contributed by atoms with van der Waals surface area (Å²) >= 11 is 0. The number of amides is 1. The van der Waals surface area contributed by atoms with Crippen LogP contribution in [0.1, 0.15) is 58.9 Å². The normalized spacial score (nSPS) is 28.8. The first-order chi connectivity index (χ1) is 14.1. The van der Waals surface area contributed by atoms with E-state index in [1.54, 1.807) is 11.8 Å². The molecule has 2 fully saturated rings. The van der Waals surface area contributed by atoms with Crippen LogP contribution in [0.15, 0.2) is 24.3 Å². The topological polar surface area (TPSA) is 53.0 Å². The molecule has 0 unspecified atom stereocenters. The van der Waals surface area contributed by atoms with E-state index in [4.69, 9.17) is 4.74 Å². The van der Waals surface area contributed by atoms with Crippen molar-refractivity contribution in [3.05, 3.63) is 29.8 Å². The molecular formula is C25H40N2O3. The standard InChI is InChI=1S/C25H40N2O3/c1-19-6-12-23(13-7-19)30-18-25(29)16-26(20(2)28)14-15-27(17-25)22-10-8-21(9-11-22)24(3,4)5/h6-7,12-13,21-22,29H,8-11,14-18H2,1-5H3/t21?,22?,25-/m0/s1. The lowest BCUT2D eigenvalue weighted by Gasteiger charge is -2.42. The quantitative estimate of drug-likeness (QED) is 0.809. The summed E-state index contributed by atoms with van der Waals surface area (Å²) in [6.45, 7) is 13.2. The van der Waals surface area contributed by atoms with Gasteiger partial charge < -0.3 is 14.7 Å². The molecule has 1 amide bonds. The van der Waals surface area contributed by atoms with Crippen molar-refractivity contribution in [2.75, 3.05) is 32.8 Å². The van der Waals surface area contributed by atoms with Gasteiger partial charge in [0, 0.05) is 32.6 Å². The molecule has 1 aromatic rings. The van der Waals surface area contributed by atoms with Crippen molar-refractivity contribution in [3.8, 4) is 5.75 Å². The number of ether oxygens (including phenoxy) is 1. The number of carbonyl (C=O) groups excluding carboxylic acids is 1. The highest BCUT2D eigenvalue weighted by Crippen LogP contribution is 2.39. The molecular weight excluding hydrogens is 376 g/mol. The number of hydrogen-bond acceptors (Lipinski definition) is 4. The predicted molar refractivity (Wildman–Crippen MR) is 121 cm³/mol. The van der Waals surface area contributed by atoms with Crippen LogP contribution in [-0.2, 0) is 4.79 Å². The van der Waals surface area contributed by atoms with Crippen molar-refractivity contribution in [3.63, 3.8) is 0 Å². The zero-order valence-corrected chi connectivity index (χ0v) is 19.5. The number of hydrogen-bond donors (Lipinski definition) is 1. The zero-order chi connectivity index (χ0) is 21.9. The number of aliphatic hydroxyl groups is 1. The molecule has 2 aliphatic rings. The van der Waals surface area contributed by atoms with Crippen LogP contribution in [0.25, 0.3) is 0 Å². The second kappa shape index (κ2) is 9.27. The Morgan fingerprint density at radius 2 is 1.73 bits per heavy atom. The van der Waals surface area contributed by atoms with E-state index in [1.165, 1.54) is 18.4 Å². The maximum absolute atomic E-state index is 12.1. The van der Waals surface area contributed by atoms with E-state index in [1.807, 2.05) is 31.2 Å². The van der Waals surface area contributed by atoms with Crippen LogP contribution in [0.2, 0.25) is 0 Å². The number of benzene rings is 1. The Balaban J connectivity index is 1.68. The lowest BCUT2D eigenvalue weighted by Crippen LogP contribution is -2.53. The highest BCUT2D eigenvalue weighted by atomic mass is 16.5. The first kappa shape index (κ1) is 23.1. The van der Waals surface area contributed by atoms with Gasteiger partial charge in [-0.3, -0.25) is 9.69 Å². The molecule has 0 aromatic heterocycles. The summed E-state index contributed by atoms with van der Waals surface area (Å²) in [6.07, 6.45) is 4.80. The molecule has 30 heavy (non-hydrogen) atoms. The summed E-state index contributed by atoms with van der Waals surface area (Å²) in [6, 6.07) is 8.36. The van der Waals surface area contributed by atoms with E-state index >= 15 is 0 Å². The van der Waals surface area contributed by atoms with E-state index < -0.39 is 5.60 Å². The van der Waals surface area contributed by atoms with E-state index in [9.17, 15) is 9.90 Å². The van der Waals surface area contributed by atoms with Crippen LogP contribution < -0.4 is 4.74 Å². The molecule has 1 aliphatic carbocycles. The van der Waals surface area contributed by atoms with Gasteiger partial charge in [-0.1, -0.05) is 38.5 Å². The molecule has 1 saturated heterocycles. The number of nitrogens with zero attached hydrogens (tertiary/aromatic N) is 2. The van der Waals surface area contributed by atoms with Gasteiger partial charge in [0.25, 0.3) is 0 Å². The summed E-state index contributed by atoms with van der Waals surface area (Å²) in [4.78, 5) is 16.3. The lowest BCUT2D eigenvalue weighted by molar-refractivity contribution is -0.132. The Morgan fingerprint density at radius 1 is 1.10 bits per heavy atom. The number of β-amino-alcohol motifs (C(OH)–C–C–N with tert-alkyl or cyclic N) is 1. The van der Waals surface area contributed by atoms with Gasteiger partial charge in [0.05, 0.1) is 6.54 Å². The van der Waals surface area contributed by atoms with Crippen LogP contribution >= 0.6 is 0 Å². The molecule has 5 nitrogen and oxygen atoms in total. The average Bonchev–Trinajstić information content (AvgIpc) is 2.87. The number of aryl methyl sites for hydroxylation is 1. The zero-order valence-electron chi connectivity index (χ0n) is 19.5. The maximum atomic E-state index is 12.1. The van der Waals surface area contributed by atoms with E-state index in [0.29, 0.717) is 31.1 Å². The summed E-state index contributed by atoms with van der Waals surface area (Å²) in [7, 11) is 0. The molecule has 3 rings (SSSR count). The van der Waals surface area contributed by atoms with Gasteiger partial charge >= 0.3 is 0 Å². The predicted octanol–water partition coefficient (Wildman–Crippen LogP) is 3.87. The third-order valence-electron chi connectivity index (χ3n) is 7.05. The molecule has 0 radical (unpaired) electrons. The van der Waals surface area contributed by atoms with Gasteiger partial charge in [-0.15, -0.1) is 0 Å². The Morgan fingerprint density at radius 3 is 2.30 bits per heavy atom. The minimum absolute atomic E-state index is 0.0158.